The maximum Gasteiger partial charge on any atom is 0.0773 e. The van der Waals surface area contributed by atoms with E-state index in [0.717, 1.165) is 24.4 Å². The Morgan fingerprint density at radius 1 is 1.22 bits per heavy atom. The lowest BCUT2D eigenvalue weighted by molar-refractivity contribution is -0.0334. The van der Waals surface area contributed by atoms with Crippen molar-refractivity contribution in [2.75, 3.05) is 6.61 Å². The zero-order valence-electron chi connectivity index (χ0n) is 12.6. The van der Waals surface area contributed by atoms with Crippen molar-refractivity contribution >= 4 is 0 Å². The SMILES string of the molecule is CCOC(C(N)CC1CC2CCC1C2)C(C)(C)C. The van der Waals surface area contributed by atoms with Gasteiger partial charge in [0.05, 0.1) is 6.10 Å². The normalized spacial score (nSPS) is 34.8. The van der Waals surface area contributed by atoms with Crippen LogP contribution in [0.25, 0.3) is 0 Å². The number of hydrogen-bond acceptors (Lipinski definition) is 2. The van der Waals surface area contributed by atoms with Crippen molar-refractivity contribution in [1.29, 1.82) is 0 Å². The molecular formula is C16H31NO. The third-order valence-corrected chi connectivity index (χ3v) is 5.05. The number of hydrogen-bond donors (Lipinski definition) is 1. The highest BCUT2D eigenvalue weighted by Gasteiger charge is 2.41. The van der Waals surface area contributed by atoms with Crippen LogP contribution in [-0.2, 0) is 4.74 Å². The van der Waals surface area contributed by atoms with Crippen molar-refractivity contribution in [1.82, 2.24) is 0 Å². The van der Waals surface area contributed by atoms with Crippen LogP contribution in [0.2, 0.25) is 0 Å². The molecule has 2 aliphatic rings. The van der Waals surface area contributed by atoms with E-state index in [4.69, 9.17) is 10.5 Å². The van der Waals surface area contributed by atoms with Crippen LogP contribution in [0.3, 0.4) is 0 Å². The van der Waals surface area contributed by atoms with Crippen molar-refractivity contribution in [3.05, 3.63) is 0 Å². The van der Waals surface area contributed by atoms with Crippen LogP contribution in [0.5, 0.6) is 0 Å². The molecule has 0 heterocycles. The molecule has 2 nitrogen and oxygen atoms in total. The summed E-state index contributed by atoms with van der Waals surface area (Å²) in [5.74, 6) is 2.87. The van der Waals surface area contributed by atoms with Gasteiger partial charge >= 0.3 is 0 Å². The number of rotatable bonds is 5. The molecule has 0 aliphatic heterocycles. The lowest BCUT2D eigenvalue weighted by atomic mass is 9.78. The Balaban J connectivity index is 1.91. The van der Waals surface area contributed by atoms with Crippen molar-refractivity contribution in [3.8, 4) is 0 Å². The lowest BCUT2D eigenvalue weighted by Gasteiger charge is -2.37. The Morgan fingerprint density at radius 2 is 1.94 bits per heavy atom. The second-order valence-corrected chi connectivity index (χ2v) is 7.58. The molecule has 5 atom stereocenters. The van der Waals surface area contributed by atoms with Gasteiger partial charge in [-0.15, -0.1) is 0 Å². The summed E-state index contributed by atoms with van der Waals surface area (Å²) in [7, 11) is 0. The maximum absolute atomic E-state index is 6.48. The minimum atomic E-state index is 0.146. The van der Waals surface area contributed by atoms with Crippen molar-refractivity contribution in [2.24, 2.45) is 28.9 Å². The fourth-order valence-corrected chi connectivity index (χ4v) is 4.33. The van der Waals surface area contributed by atoms with E-state index >= 15 is 0 Å². The Morgan fingerprint density at radius 3 is 2.39 bits per heavy atom. The summed E-state index contributed by atoms with van der Waals surface area (Å²) in [5, 5.41) is 0. The summed E-state index contributed by atoms with van der Waals surface area (Å²) >= 11 is 0. The zero-order chi connectivity index (χ0) is 13.3. The molecule has 5 unspecified atom stereocenters. The molecule has 2 heteroatoms. The van der Waals surface area contributed by atoms with Crippen LogP contribution in [0.4, 0.5) is 0 Å². The minimum absolute atomic E-state index is 0.146. The minimum Gasteiger partial charge on any atom is -0.376 e. The Labute approximate surface area is 113 Å². The van der Waals surface area contributed by atoms with Crippen LogP contribution in [0, 0.1) is 23.2 Å². The average Bonchev–Trinajstić information content (AvgIpc) is 2.85. The van der Waals surface area contributed by atoms with Crippen LogP contribution in [-0.4, -0.2) is 18.8 Å². The molecule has 0 aromatic heterocycles. The molecule has 106 valence electrons. The molecule has 18 heavy (non-hydrogen) atoms. The highest BCUT2D eigenvalue weighted by molar-refractivity contribution is 4.94. The average molecular weight is 253 g/mol. The summed E-state index contributed by atoms with van der Waals surface area (Å²) in [6.45, 7) is 9.57. The first-order valence-electron chi connectivity index (χ1n) is 7.79. The van der Waals surface area contributed by atoms with E-state index in [2.05, 4.69) is 27.7 Å². The lowest BCUT2D eigenvalue weighted by Crippen LogP contribution is -2.46. The van der Waals surface area contributed by atoms with Crippen molar-refractivity contribution < 1.29 is 4.74 Å². The van der Waals surface area contributed by atoms with E-state index in [1.165, 1.54) is 32.1 Å². The van der Waals surface area contributed by atoms with Crippen LogP contribution in [0.15, 0.2) is 0 Å². The Hall–Kier alpha value is -0.0800. The standard InChI is InChI=1S/C16H31NO/c1-5-18-15(16(2,3)4)14(17)10-13-9-11-6-7-12(13)8-11/h11-15H,5-10,17H2,1-4H3. The van der Waals surface area contributed by atoms with Crippen LogP contribution in [0.1, 0.15) is 59.8 Å². The summed E-state index contributed by atoms with van der Waals surface area (Å²) in [6, 6.07) is 0.203. The second kappa shape index (κ2) is 5.50. The number of fused-ring (bicyclic) bond motifs is 2. The predicted molar refractivity (Wildman–Crippen MR) is 76.4 cm³/mol. The summed E-state index contributed by atoms with van der Waals surface area (Å²) in [4.78, 5) is 0. The smallest absolute Gasteiger partial charge is 0.0773 e. The summed E-state index contributed by atoms with van der Waals surface area (Å²) < 4.78 is 5.93. The van der Waals surface area contributed by atoms with Gasteiger partial charge in [-0.3, -0.25) is 0 Å². The quantitative estimate of drug-likeness (QED) is 0.812. The van der Waals surface area contributed by atoms with Gasteiger partial charge in [0.1, 0.15) is 0 Å². The molecule has 2 aliphatic carbocycles. The molecule has 0 spiro atoms. The molecule has 2 N–H and O–H groups in total. The van der Waals surface area contributed by atoms with Gasteiger partial charge in [0.15, 0.2) is 0 Å². The first-order chi connectivity index (χ1) is 8.41. The third kappa shape index (κ3) is 3.08. The van der Waals surface area contributed by atoms with Crippen molar-refractivity contribution in [3.63, 3.8) is 0 Å². The summed E-state index contributed by atoms with van der Waals surface area (Å²) in [6.07, 6.45) is 7.21. The van der Waals surface area contributed by atoms with Gasteiger partial charge in [-0.25, -0.2) is 0 Å². The van der Waals surface area contributed by atoms with Gasteiger partial charge in [-0.05, 0) is 55.8 Å². The van der Waals surface area contributed by atoms with Crippen LogP contribution < -0.4 is 5.73 Å². The van der Waals surface area contributed by atoms with E-state index < -0.39 is 0 Å². The molecule has 0 aromatic rings. The summed E-state index contributed by atoms with van der Waals surface area (Å²) in [5.41, 5.74) is 6.62. The number of nitrogens with two attached hydrogens (primary N) is 1. The van der Waals surface area contributed by atoms with Gasteiger partial charge in [0.25, 0.3) is 0 Å². The topological polar surface area (TPSA) is 35.2 Å². The molecule has 0 aromatic carbocycles. The van der Waals surface area contributed by atoms with Crippen LogP contribution >= 0.6 is 0 Å². The highest BCUT2D eigenvalue weighted by atomic mass is 16.5. The van der Waals surface area contributed by atoms with Gasteiger partial charge in [-0.2, -0.15) is 0 Å². The Bertz CT molecular complexity index is 271. The van der Waals surface area contributed by atoms with E-state index in [-0.39, 0.29) is 17.6 Å². The maximum atomic E-state index is 6.48. The molecular weight excluding hydrogens is 222 g/mol. The molecule has 0 saturated heterocycles. The zero-order valence-corrected chi connectivity index (χ0v) is 12.6. The molecule has 2 bridgehead atoms. The van der Waals surface area contributed by atoms with Gasteiger partial charge in [0, 0.05) is 12.6 Å². The molecule has 0 amide bonds. The molecule has 2 rings (SSSR count). The Kier molecular flexibility index (Phi) is 4.38. The number of ether oxygens (including phenoxy) is 1. The highest BCUT2D eigenvalue weighted by Crippen LogP contribution is 2.50. The fourth-order valence-electron chi connectivity index (χ4n) is 4.33. The van der Waals surface area contributed by atoms with Crippen molar-refractivity contribution in [2.45, 2.75) is 71.9 Å². The largest absolute Gasteiger partial charge is 0.376 e. The molecule has 0 radical (unpaired) electrons. The first kappa shape index (κ1) is 14.3. The monoisotopic (exact) mass is 253 g/mol. The third-order valence-electron chi connectivity index (χ3n) is 5.05. The van der Waals surface area contributed by atoms with E-state index in [0.29, 0.717) is 0 Å². The fraction of sp³-hybridized carbons (Fsp3) is 1.00. The van der Waals surface area contributed by atoms with E-state index in [1.807, 2.05) is 0 Å². The van der Waals surface area contributed by atoms with Gasteiger partial charge < -0.3 is 10.5 Å². The van der Waals surface area contributed by atoms with E-state index in [1.54, 1.807) is 0 Å². The predicted octanol–water partition coefficient (Wildman–Crippen LogP) is 3.59. The van der Waals surface area contributed by atoms with E-state index in [9.17, 15) is 0 Å². The second-order valence-electron chi connectivity index (χ2n) is 7.58. The van der Waals surface area contributed by atoms with Gasteiger partial charge in [0.2, 0.25) is 0 Å². The first-order valence-corrected chi connectivity index (χ1v) is 7.79. The van der Waals surface area contributed by atoms with Gasteiger partial charge in [-0.1, -0.05) is 27.2 Å². The molecule has 2 fully saturated rings. The molecule has 2 saturated carbocycles.